The molecule has 0 amide bonds. The number of unbranched alkanes of at least 4 members (excludes halogenated alkanes) is 14. The van der Waals surface area contributed by atoms with E-state index in [1.165, 1.54) is 152 Å². The lowest BCUT2D eigenvalue weighted by Gasteiger charge is -2.37. The number of hydrogen-bond acceptors (Lipinski definition) is 5. The smallest absolute Gasteiger partial charge is 0.334 e. The molecule has 0 radical (unpaired) electrons. The molecule has 1 aromatic carbocycles. The van der Waals surface area contributed by atoms with Crippen LogP contribution in [0, 0.1) is 37.0 Å². The van der Waals surface area contributed by atoms with Crippen LogP contribution in [0.1, 0.15) is 232 Å². The summed E-state index contributed by atoms with van der Waals surface area (Å²) in [5.74, 6) is 7.20. The van der Waals surface area contributed by atoms with E-state index in [9.17, 15) is 0 Å². The lowest BCUT2D eigenvalue weighted by Crippen LogP contribution is -2.41. The van der Waals surface area contributed by atoms with E-state index in [-0.39, 0.29) is 11.9 Å². The van der Waals surface area contributed by atoms with Gasteiger partial charge < -0.3 is 18.3 Å². The van der Waals surface area contributed by atoms with Crippen molar-refractivity contribution in [3.8, 4) is 23.8 Å². The van der Waals surface area contributed by atoms with Crippen molar-refractivity contribution in [2.24, 2.45) is 17.8 Å². The first-order valence-electron chi connectivity index (χ1n) is 26.8. The fraction of sp³-hybridized carbons (Fsp3) is 0.825. The topological polar surface area (TPSA) is 40.2 Å². The number of hydrogen-bond donors (Lipinski definition) is 0. The molecule has 0 spiro atoms. The van der Waals surface area contributed by atoms with Crippen LogP contribution in [0.5, 0.6) is 11.5 Å². The van der Waals surface area contributed by atoms with Gasteiger partial charge in [-0.25, -0.2) is 0 Å². The summed E-state index contributed by atoms with van der Waals surface area (Å²) in [6, 6.07) is 4.42. The Morgan fingerprint density at radius 1 is 0.762 bits per heavy atom. The van der Waals surface area contributed by atoms with E-state index < -0.39 is 8.56 Å². The van der Waals surface area contributed by atoms with Gasteiger partial charge >= 0.3 is 8.56 Å². The molecule has 0 aliphatic carbocycles. The van der Waals surface area contributed by atoms with E-state index >= 15 is 0 Å². The molecule has 0 aromatic heterocycles. The van der Waals surface area contributed by atoms with Gasteiger partial charge in [-0.2, -0.15) is 0 Å². The second kappa shape index (κ2) is 34.5. The molecule has 63 heavy (non-hydrogen) atoms. The second-order valence-electron chi connectivity index (χ2n) is 21.3. The molecule has 6 heteroatoms. The summed E-state index contributed by atoms with van der Waals surface area (Å²) in [5, 5.41) is 0. The lowest BCUT2D eigenvalue weighted by atomic mass is 9.85. The average molecular weight is 895 g/mol. The van der Waals surface area contributed by atoms with Gasteiger partial charge in [0.1, 0.15) is 17.1 Å². The van der Waals surface area contributed by atoms with Crippen LogP contribution in [0.2, 0.25) is 13.1 Å². The summed E-state index contributed by atoms with van der Waals surface area (Å²) >= 11 is 0. The summed E-state index contributed by atoms with van der Waals surface area (Å²) in [6.45, 7) is 23.3. The highest BCUT2D eigenvalue weighted by molar-refractivity contribution is 6.64. The van der Waals surface area contributed by atoms with E-state index in [4.69, 9.17) is 24.7 Å². The predicted octanol–water partition coefficient (Wildman–Crippen LogP) is 17.1. The van der Waals surface area contributed by atoms with Gasteiger partial charge in [0.25, 0.3) is 0 Å². The molecule has 1 aromatic rings. The number of ether oxygens (including phenoxy) is 2. The minimum atomic E-state index is -2.42. The molecule has 1 aliphatic rings. The maximum absolute atomic E-state index is 6.89. The molecule has 4 unspecified atom stereocenters. The van der Waals surface area contributed by atoms with Crippen LogP contribution in [0.3, 0.4) is 0 Å². The Morgan fingerprint density at radius 2 is 1.35 bits per heavy atom. The average Bonchev–Trinajstić information content (AvgIpc) is 3.22. The molecular weight excluding hydrogens is 791 g/mol. The van der Waals surface area contributed by atoms with Gasteiger partial charge in [-0.3, -0.25) is 4.90 Å². The van der Waals surface area contributed by atoms with Crippen molar-refractivity contribution in [2.45, 2.75) is 260 Å². The van der Waals surface area contributed by atoms with Crippen LogP contribution in [0.15, 0.2) is 24.3 Å². The van der Waals surface area contributed by atoms with Crippen LogP contribution < -0.4 is 9.47 Å². The van der Waals surface area contributed by atoms with Gasteiger partial charge in [0, 0.05) is 13.0 Å². The van der Waals surface area contributed by atoms with Crippen LogP contribution >= 0.6 is 0 Å². The zero-order valence-electron chi connectivity index (χ0n) is 43.4. The molecule has 1 heterocycles. The maximum atomic E-state index is 6.89. The molecule has 0 saturated heterocycles. The largest absolute Gasteiger partial charge is 0.487 e. The second-order valence-corrected chi connectivity index (χ2v) is 24.6. The van der Waals surface area contributed by atoms with E-state index in [0.29, 0.717) is 0 Å². The van der Waals surface area contributed by atoms with Crippen molar-refractivity contribution >= 4 is 8.56 Å². The number of aryl methyl sites for hydroxylation is 2. The number of rotatable bonds is 40. The van der Waals surface area contributed by atoms with Crippen LogP contribution in [0.25, 0.3) is 0 Å². The monoisotopic (exact) mass is 894 g/mol. The van der Waals surface area contributed by atoms with Crippen molar-refractivity contribution in [3.05, 3.63) is 35.4 Å². The predicted molar refractivity (Wildman–Crippen MR) is 276 cm³/mol. The lowest BCUT2D eigenvalue weighted by molar-refractivity contribution is -0.0308. The number of nitrogens with zero attached hydrogens (tertiary/aromatic N) is 1. The third-order valence-corrected chi connectivity index (χ3v) is 15.2. The van der Waals surface area contributed by atoms with Crippen molar-refractivity contribution in [1.82, 2.24) is 4.90 Å². The van der Waals surface area contributed by atoms with Gasteiger partial charge in [-0.15, -0.1) is 6.42 Å². The van der Waals surface area contributed by atoms with E-state index in [1.807, 2.05) is 0 Å². The standard InChI is InChI=1S/C57H103NO4Si/c1-12-14-15-16-17-18-19-20-21-22-23-24-25-26-29-40-55(62-63(10,11)59-46-31-28-27-30-45-58(9)44-13-2)60-54-47-52(7)56-53(48-54)41-43-57(8,61-56)42-34-39-51(6)38-33-37-50(5)36-32-35-49(3)4/h2,20-21,47-51,55H,12,14-19,22-46H2,1,3-11H3/b21-20-. The highest BCUT2D eigenvalue weighted by Crippen LogP contribution is 2.41. The third kappa shape index (κ3) is 28.8. The molecule has 364 valence electrons. The summed E-state index contributed by atoms with van der Waals surface area (Å²) in [4.78, 5) is 2.21. The fourth-order valence-electron chi connectivity index (χ4n) is 9.30. The van der Waals surface area contributed by atoms with Gasteiger partial charge in [-0.1, -0.05) is 162 Å². The van der Waals surface area contributed by atoms with Gasteiger partial charge in [0.15, 0.2) is 6.29 Å². The Labute approximate surface area is 393 Å². The van der Waals surface area contributed by atoms with Gasteiger partial charge in [-0.05, 0) is 152 Å². The molecule has 1 aliphatic heterocycles. The van der Waals surface area contributed by atoms with Gasteiger partial charge in [0.2, 0.25) is 0 Å². The molecule has 4 atom stereocenters. The number of terminal acetylenes is 1. The van der Waals surface area contributed by atoms with E-state index in [1.54, 1.807) is 0 Å². The van der Waals surface area contributed by atoms with Crippen LogP contribution in [-0.2, 0) is 15.3 Å². The van der Waals surface area contributed by atoms with E-state index in [0.717, 1.165) is 93.9 Å². The molecule has 0 saturated carbocycles. The highest BCUT2D eigenvalue weighted by Gasteiger charge is 2.34. The summed E-state index contributed by atoms with van der Waals surface area (Å²) < 4.78 is 27.0. The first-order valence-corrected chi connectivity index (χ1v) is 29.7. The minimum Gasteiger partial charge on any atom is -0.487 e. The Balaban J connectivity index is 1.88. The third-order valence-electron chi connectivity index (χ3n) is 13.5. The normalized spacial score (nSPS) is 16.9. The highest BCUT2D eigenvalue weighted by atomic mass is 28.4. The van der Waals surface area contributed by atoms with Crippen molar-refractivity contribution in [3.63, 3.8) is 0 Å². The Kier molecular flexibility index (Phi) is 31.4. The van der Waals surface area contributed by atoms with Crippen LogP contribution in [0.4, 0.5) is 0 Å². The molecule has 5 nitrogen and oxygen atoms in total. The van der Waals surface area contributed by atoms with Crippen molar-refractivity contribution < 1.29 is 18.3 Å². The Morgan fingerprint density at radius 3 is 2.00 bits per heavy atom. The first kappa shape index (κ1) is 57.3. The quantitative estimate of drug-likeness (QED) is 0.0216. The molecule has 2 rings (SSSR count). The summed E-state index contributed by atoms with van der Waals surface area (Å²) in [7, 11) is -0.320. The minimum absolute atomic E-state index is 0.106. The number of allylic oxidation sites excluding steroid dienone is 2. The Bertz CT molecular complexity index is 1350. The van der Waals surface area contributed by atoms with Gasteiger partial charge in [0.05, 0.1) is 6.54 Å². The van der Waals surface area contributed by atoms with Crippen molar-refractivity contribution in [2.75, 3.05) is 26.7 Å². The Hall–Kier alpha value is -1.78. The number of fused-ring (bicyclic) bond motifs is 1. The molecule has 0 N–H and O–H groups in total. The molecule has 0 bridgehead atoms. The zero-order valence-corrected chi connectivity index (χ0v) is 44.4. The number of benzene rings is 1. The first-order chi connectivity index (χ1) is 30.3. The van der Waals surface area contributed by atoms with Crippen LogP contribution in [-0.4, -0.2) is 52.1 Å². The van der Waals surface area contributed by atoms with E-state index in [2.05, 4.69) is 104 Å². The maximum Gasteiger partial charge on any atom is 0.334 e. The SMILES string of the molecule is C#CCN(C)CCCCCCO[Si](C)(C)OC(CCCCCCC/C=C\CCCCCCCC)Oc1cc(C)c2c(c1)CCC(C)(CCCC(C)CCCC(C)CCCC(C)C)O2. The zero-order chi connectivity index (χ0) is 46.2. The fourth-order valence-corrected chi connectivity index (χ4v) is 10.8. The summed E-state index contributed by atoms with van der Waals surface area (Å²) in [5.41, 5.74) is 2.34. The molecular formula is C57H103NO4Si. The summed E-state index contributed by atoms with van der Waals surface area (Å²) in [6.07, 6.45) is 46.3. The van der Waals surface area contributed by atoms with Crippen molar-refractivity contribution in [1.29, 1.82) is 0 Å². The molecule has 0 fully saturated rings.